The lowest BCUT2D eigenvalue weighted by molar-refractivity contribution is -0.117. The summed E-state index contributed by atoms with van der Waals surface area (Å²) in [4.78, 5) is 14.9. The van der Waals surface area contributed by atoms with Gasteiger partial charge in [0, 0.05) is 18.3 Å². The summed E-state index contributed by atoms with van der Waals surface area (Å²) in [5.74, 6) is 0.152. The molecule has 0 N–H and O–H groups in total. The molecule has 0 fully saturated rings. The van der Waals surface area contributed by atoms with E-state index >= 15 is 0 Å². The molecule has 0 aromatic carbocycles. The number of thiocarbonyl (C=S) groups is 1. The second-order valence-corrected chi connectivity index (χ2v) is 5.14. The summed E-state index contributed by atoms with van der Waals surface area (Å²) in [7, 11) is 0. The van der Waals surface area contributed by atoms with Crippen LogP contribution in [0.25, 0.3) is 0 Å². The fourth-order valence-electron chi connectivity index (χ4n) is 2.14. The van der Waals surface area contributed by atoms with Crippen molar-refractivity contribution in [3.05, 3.63) is 11.8 Å². The average molecular weight is 253 g/mol. The van der Waals surface area contributed by atoms with E-state index < -0.39 is 0 Å². The van der Waals surface area contributed by atoms with Gasteiger partial charge in [0.2, 0.25) is 0 Å². The lowest BCUT2D eigenvalue weighted by Crippen LogP contribution is -2.41. The molecular formula is C14H23NOS. The van der Waals surface area contributed by atoms with Gasteiger partial charge in [-0.05, 0) is 19.8 Å². The van der Waals surface area contributed by atoms with Gasteiger partial charge in [0.05, 0.1) is 10.9 Å². The number of carbonyl (C=O) groups excluding carboxylic acids is 1. The second-order valence-electron chi connectivity index (χ2n) is 4.73. The number of ketones is 1. The van der Waals surface area contributed by atoms with Crippen molar-refractivity contribution in [2.45, 2.75) is 52.9 Å². The Bertz CT molecular complexity index is 322. The van der Waals surface area contributed by atoms with E-state index in [0.29, 0.717) is 0 Å². The summed E-state index contributed by atoms with van der Waals surface area (Å²) in [6.45, 7) is 7.25. The maximum absolute atomic E-state index is 11.9. The predicted octanol–water partition coefficient (Wildman–Crippen LogP) is 3.71. The first-order valence-corrected chi connectivity index (χ1v) is 7.06. The largest absolute Gasteiger partial charge is 0.339 e. The molecule has 0 bridgehead atoms. The highest BCUT2D eigenvalue weighted by atomic mass is 32.1. The molecule has 0 saturated heterocycles. The van der Waals surface area contributed by atoms with Gasteiger partial charge in [0.15, 0.2) is 5.78 Å². The molecule has 1 unspecified atom stereocenters. The summed E-state index contributed by atoms with van der Waals surface area (Å²) in [5.41, 5.74) is 1.01. The van der Waals surface area contributed by atoms with Gasteiger partial charge >= 0.3 is 0 Å². The molecule has 0 aromatic heterocycles. The molecule has 0 aromatic rings. The van der Waals surface area contributed by atoms with Crippen LogP contribution in [0.2, 0.25) is 0 Å². The number of allylic oxidation sites excluding steroid dienone is 2. The fourth-order valence-corrected chi connectivity index (χ4v) is 2.61. The van der Waals surface area contributed by atoms with Crippen LogP contribution in [0.15, 0.2) is 11.8 Å². The van der Waals surface area contributed by atoms with Crippen molar-refractivity contribution in [1.29, 1.82) is 0 Å². The van der Waals surface area contributed by atoms with Crippen molar-refractivity contribution >= 4 is 23.0 Å². The Morgan fingerprint density at radius 1 is 1.29 bits per heavy atom. The van der Waals surface area contributed by atoms with Gasteiger partial charge in [0.1, 0.15) is 0 Å². The molecule has 1 aliphatic rings. The average Bonchev–Trinajstić information content (AvgIpc) is 2.28. The topological polar surface area (TPSA) is 20.3 Å². The molecule has 0 aliphatic carbocycles. The highest BCUT2D eigenvalue weighted by Gasteiger charge is 2.30. The van der Waals surface area contributed by atoms with Crippen molar-refractivity contribution in [3.8, 4) is 0 Å². The van der Waals surface area contributed by atoms with Crippen LogP contribution in [0.3, 0.4) is 0 Å². The normalized spacial score (nSPS) is 20.8. The third-order valence-electron chi connectivity index (χ3n) is 3.27. The molecule has 0 radical (unpaired) electrons. The van der Waals surface area contributed by atoms with E-state index in [2.05, 4.69) is 18.7 Å². The van der Waals surface area contributed by atoms with Crippen LogP contribution in [-0.4, -0.2) is 22.2 Å². The van der Waals surface area contributed by atoms with E-state index in [-0.39, 0.29) is 11.7 Å². The van der Waals surface area contributed by atoms with Crippen molar-refractivity contribution in [1.82, 2.24) is 4.90 Å². The van der Waals surface area contributed by atoms with E-state index in [4.69, 9.17) is 12.2 Å². The zero-order chi connectivity index (χ0) is 12.8. The van der Waals surface area contributed by atoms with Crippen LogP contribution >= 0.6 is 12.2 Å². The minimum Gasteiger partial charge on any atom is -0.339 e. The molecule has 3 heteroatoms. The number of rotatable bonds is 6. The van der Waals surface area contributed by atoms with E-state index in [0.717, 1.165) is 49.3 Å². The zero-order valence-electron chi connectivity index (χ0n) is 11.2. The van der Waals surface area contributed by atoms with Gasteiger partial charge in [-0.2, -0.15) is 0 Å². The molecular weight excluding hydrogens is 230 g/mol. The minimum atomic E-state index is -0.0505. The van der Waals surface area contributed by atoms with Gasteiger partial charge < -0.3 is 4.90 Å². The number of carbonyl (C=O) groups is 1. The number of nitrogens with zero attached hydrogens (tertiary/aromatic N) is 1. The SMILES string of the molecule is CCCCC1C(=O)C=C(C)N(CCCC)C1=S. The lowest BCUT2D eigenvalue weighted by atomic mass is 9.92. The van der Waals surface area contributed by atoms with Gasteiger partial charge in [0.25, 0.3) is 0 Å². The molecule has 17 heavy (non-hydrogen) atoms. The Morgan fingerprint density at radius 3 is 2.53 bits per heavy atom. The smallest absolute Gasteiger partial charge is 0.167 e. The Balaban J connectivity index is 2.76. The Labute approximate surface area is 110 Å². The van der Waals surface area contributed by atoms with Crippen LogP contribution in [-0.2, 0) is 4.79 Å². The quantitative estimate of drug-likeness (QED) is 0.673. The zero-order valence-corrected chi connectivity index (χ0v) is 12.0. The summed E-state index contributed by atoms with van der Waals surface area (Å²) >= 11 is 5.49. The van der Waals surface area contributed by atoms with E-state index in [1.807, 2.05) is 6.92 Å². The standard InChI is InChI=1S/C14H23NOS/c1-4-6-8-12-13(16)10-11(3)15(14(12)17)9-7-5-2/h10,12H,4-9H2,1-3H3. The summed E-state index contributed by atoms with van der Waals surface area (Å²) in [6, 6.07) is 0. The van der Waals surface area contributed by atoms with Gasteiger partial charge in [-0.25, -0.2) is 0 Å². The van der Waals surface area contributed by atoms with Crippen molar-refractivity contribution in [2.24, 2.45) is 5.92 Å². The highest BCUT2D eigenvalue weighted by molar-refractivity contribution is 7.80. The van der Waals surface area contributed by atoms with Gasteiger partial charge in [-0.1, -0.05) is 45.3 Å². The minimum absolute atomic E-state index is 0.0505. The fraction of sp³-hybridized carbons (Fsp3) is 0.714. The third-order valence-corrected chi connectivity index (χ3v) is 3.77. The van der Waals surface area contributed by atoms with Gasteiger partial charge in [-0.15, -0.1) is 0 Å². The maximum Gasteiger partial charge on any atom is 0.167 e. The van der Waals surface area contributed by atoms with Crippen LogP contribution in [0.1, 0.15) is 52.9 Å². The van der Waals surface area contributed by atoms with Crippen LogP contribution < -0.4 is 0 Å². The Morgan fingerprint density at radius 2 is 1.94 bits per heavy atom. The molecule has 1 aliphatic heterocycles. The first-order valence-electron chi connectivity index (χ1n) is 6.65. The summed E-state index contributed by atoms with van der Waals surface area (Å²) in [6.07, 6.45) is 7.14. The first-order chi connectivity index (χ1) is 8.11. The Hall–Kier alpha value is -0.700. The number of hydrogen-bond donors (Lipinski definition) is 0. The first kappa shape index (κ1) is 14.4. The molecule has 0 amide bonds. The number of hydrogen-bond acceptors (Lipinski definition) is 2. The molecule has 2 nitrogen and oxygen atoms in total. The van der Waals surface area contributed by atoms with E-state index in [1.54, 1.807) is 6.08 Å². The van der Waals surface area contributed by atoms with Crippen molar-refractivity contribution in [2.75, 3.05) is 6.54 Å². The highest BCUT2D eigenvalue weighted by Crippen LogP contribution is 2.24. The van der Waals surface area contributed by atoms with Crippen LogP contribution in [0.4, 0.5) is 0 Å². The van der Waals surface area contributed by atoms with Crippen LogP contribution in [0.5, 0.6) is 0 Å². The second kappa shape index (κ2) is 6.90. The van der Waals surface area contributed by atoms with Crippen molar-refractivity contribution in [3.63, 3.8) is 0 Å². The monoisotopic (exact) mass is 253 g/mol. The van der Waals surface area contributed by atoms with Gasteiger partial charge in [-0.3, -0.25) is 4.79 Å². The molecule has 96 valence electrons. The molecule has 1 rings (SSSR count). The maximum atomic E-state index is 11.9. The van der Waals surface area contributed by atoms with E-state index in [9.17, 15) is 4.79 Å². The Kier molecular flexibility index (Phi) is 5.83. The number of unbranched alkanes of at least 4 members (excludes halogenated alkanes) is 2. The summed E-state index contributed by atoms with van der Waals surface area (Å²) < 4.78 is 0. The van der Waals surface area contributed by atoms with Crippen LogP contribution in [0, 0.1) is 5.92 Å². The molecule has 0 spiro atoms. The van der Waals surface area contributed by atoms with Crippen molar-refractivity contribution < 1.29 is 4.79 Å². The predicted molar refractivity (Wildman–Crippen MR) is 76.0 cm³/mol. The molecule has 1 heterocycles. The lowest BCUT2D eigenvalue weighted by Gasteiger charge is -2.33. The molecule has 1 atom stereocenters. The third kappa shape index (κ3) is 3.63. The van der Waals surface area contributed by atoms with E-state index in [1.165, 1.54) is 0 Å². The summed E-state index contributed by atoms with van der Waals surface area (Å²) in [5, 5.41) is 0. The molecule has 0 saturated carbocycles.